The zero-order valence-corrected chi connectivity index (χ0v) is 21.9. The van der Waals surface area contributed by atoms with Gasteiger partial charge in [-0.15, -0.1) is 0 Å². The summed E-state index contributed by atoms with van der Waals surface area (Å²) in [5.41, 5.74) is 9.98. The maximum atomic E-state index is 2.52. The summed E-state index contributed by atoms with van der Waals surface area (Å²) >= 11 is 0. The highest BCUT2D eigenvalue weighted by atomic mass is 15.0. The van der Waals surface area contributed by atoms with Crippen LogP contribution in [0.15, 0.2) is 121 Å². The molecule has 4 aromatic heterocycles. The van der Waals surface area contributed by atoms with Crippen LogP contribution in [-0.4, -0.2) is 13.5 Å². The molecule has 3 nitrogen and oxygen atoms in total. The molecule has 0 amide bonds. The van der Waals surface area contributed by atoms with Crippen LogP contribution < -0.4 is 0 Å². The predicted molar refractivity (Wildman–Crippen MR) is 169 cm³/mol. The molecule has 4 heterocycles. The lowest BCUT2D eigenvalue weighted by Crippen LogP contribution is -1.94. The SMILES string of the molecule is Cn1c2cc3c(c4ccccc4n3-c3ccccc3)c3c4cccc5c6ccccc6n(c6cccc1c6c32)c54. The number of rotatable bonds is 1. The first-order valence-electron chi connectivity index (χ1n) is 13.9. The molecule has 0 radical (unpaired) electrons. The van der Waals surface area contributed by atoms with Crippen molar-refractivity contribution >= 4 is 81.7 Å². The number of aryl methyl sites for hydroxylation is 1. The van der Waals surface area contributed by atoms with Crippen molar-refractivity contribution in [1.82, 2.24) is 13.5 Å². The third-order valence-corrected chi connectivity index (χ3v) is 9.15. The third kappa shape index (κ3) is 2.26. The van der Waals surface area contributed by atoms with Crippen molar-refractivity contribution in [3.8, 4) is 5.69 Å². The van der Waals surface area contributed by atoms with Gasteiger partial charge in [-0.1, -0.05) is 78.9 Å². The molecule has 0 aliphatic carbocycles. The summed E-state index contributed by atoms with van der Waals surface area (Å²) < 4.78 is 7.35. The Hall–Kier alpha value is -5.28. The number of hydrogen-bond donors (Lipinski definition) is 0. The highest BCUT2D eigenvalue weighted by molar-refractivity contribution is 6.39. The van der Waals surface area contributed by atoms with Gasteiger partial charge >= 0.3 is 0 Å². The average molecular weight is 510 g/mol. The first kappa shape index (κ1) is 20.7. The van der Waals surface area contributed by atoms with Crippen molar-refractivity contribution < 1.29 is 0 Å². The second-order valence-corrected chi connectivity index (χ2v) is 11.0. The fourth-order valence-corrected chi connectivity index (χ4v) is 7.61. The summed E-state index contributed by atoms with van der Waals surface area (Å²) in [5.74, 6) is 0. The van der Waals surface area contributed by atoms with Gasteiger partial charge in [-0.3, -0.25) is 0 Å². The lowest BCUT2D eigenvalue weighted by Gasteiger charge is -2.09. The Morgan fingerprint density at radius 2 is 1.05 bits per heavy atom. The zero-order chi connectivity index (χ0) is 26.1. The Bertz CT molecular complexity index is 2650. The van der Waals surface area contributed by atoms with Gasteiger partial charge in [0, 0.05) is 55.8 Å². The van der Waals surface area contributed by atoms with Crippen LogP contribution in [0.4, 0.5) is 0 Å². The molecule has 40 heavy (non-hydrogen) atoms. The number of fused-ring (bicyclic) bond motifs is 9. The van der Waals surface area contributed by atoms with Crippen molar-refractivity contribution in [2.24, 2.45) is 7.05 Å². The number of para-hydroxylation sites is 4. The number of aromatic nitrogens is 3. The van der Waals surface area contributed by atoms with E-state index in [0.717, 1.165) is 0 Å². The minimum absolute atomic E-state index is 1.18. The van der Waals surface area contributed by atoms with Gasteiger partial charge in [-0.25, -0.2) is 0 Å². The van der Waals surface area contributed by atoms with E-state index in [1.807, 2.05) is 0 Å². The van der Waals surface area contributed by atoms with Crippen LogP contribution >= 0.6 is 0 Å². The summed E-state index contributed by atoms with van der Waals surface area (Å²) in [4.78, 5) is 0. The van der Waals surface area contributed by atoms with Crippen LogP contribution in [0.3, 0.4) is 0 Å². The van der Waals surface area contributed by atoms with E-state index in [-0.39, 0.29) is 0 Å². The number of nitrogens with zero attached hydrogens (tertiary/aromatic N) is 3. The van der Waals surface area contributed by atoms with Crippen molar-refractivity contribution in [2.75, 3.05) is 0 Å². The van der Waals surface area contributed by atoms with Gasteiger partial charge in [-0.2, -0.15) is 0 Å². The molecule has 0 saturated carbocycles. The summed E-state index contributed by atoms with van der Waals surface area (Å²) in [5, 5.41) is 10.5. The van der Waals surface area contributed by atoms with E-state index in [0.29, 0.717) is 0 Å². The molecule has 0 aliphatic rings. The zero-order valence-electron chi connectivity index (χ0n) is 21.9. The van der Waals surface area contributed by atoms with Gasteiger partial charge in [0.2, 0.25) is 0 Å². The monoisotopic (exact) mass is 509 g/mol. The molecule has 3 heteroatoms. The summed E-state index contributed by atoms with van der Waals surface area (Å²) in [7, 11) is 2.22. The molecular formula is C37H23N3. The molecule has 0 saturated heterocycles. The van der Waals surface area contributed by atoms with E-state index in [4.69, 9.17) is 0 Å². The Morgan fingerprint density at radius 1 is 0.400 bits per heavy atom. The fraction of sp³-hybridized carbons (Fsp3) is 0.0270. The quantitative estimate of drug-likeness (QED) is 0.209. The Kier molecular flexibility index (Phi) is 3.62. The van der Waals surface area contributed by atoms with Gasteiger partial charge in [0.1, 0.15) is 0 Å². The first-order chi connectivity index (χ1) is 19.8. The van der Waals surface area contributed by atoms with Gasteiger partial charge in [0.25, 0.3) is 0 Å². The molecule has 0 spiro atoms. The van der Waals surface area contributed by atoms with Gasteiger partial charge in [0.05, 0.1) is 38.6 Å². The van der Waals surface area contributed by atoms with Gasteiger partial charge in [-0.05, 0) is 42.5 Å². The van der Waals surface area contributed by atoms with Gasteiger partial charge < -0.3 is 13.5 Å². The first-order valence-corrected chi connectivity index (χ1v) is 13.9. The van der Waals surface area contributed by atoms with E-state index < -0.39 is 0 Å². The molecular weight excluding hydrogens is 486 g/mol. The van der Waals surface area contributed by atoms with Crippen LogP contribution in [0.5, 0.6) is 0 Å². The van der Waals surface area contributed by atoms with Crippen molar-refractivity contribution in [3.05, 3.63) is 121 Å². The maximum absolute atomic E-state index is 2.52. The van der Waals surface area contributed by atoms with Crippen LogP contribution in [0.25, 0.3) is 87.4 Å². The standard InChI is InChI=1S/C37H23N3/c1-38-29-19-10-20-30-35(29)36-31(38)21-32-33(25-14-6-8-18-28(25)39(32)22-11-3-2-4-12-22)34(36)26-16-9-15-24-23-13-5-7-17-27(23)40(30)37(24)26/h2-21H,1H3. The van der Waals surface area contributed by atoms with Gasteiger partial charge in [0.15, 0.2) is 0 Å². The largest absolute Gasteiger partial charge is 0.343 e. The maximum Gasteiger partial charge on any atom is 0.0620 e. The molecule has 0 aliphatic heterocycles. The minimum Gasteiger partial charge on any atom is -0.343 e. The highest BCUT2D eigenvalue weighted by Gasteiger charge is 2.24. The second-order valence-electron chi connectivity index (χ2n) is 11.0. The Morgan fingerprint density at radius 3 is 1.93 bits per heavy atom. The molecule has 10 aromatic rings. The summed E-state index contributed by atoms with van der Waals surface area (Å²) in [6.45, 7) is 0. The van der Waals surface area contributed by atoms with E-state index >= 15 is 0 Å². The summed E-state index contributed by atoms with van der Waals surface area (Å²) in [6.07, 6.45) is 0. The second kappa shape index (κ2) is 7.02. The molecule has 10 rings (SSSR count). The van der Waals surface area contributed by atoms with Crippen molar-refractivity contribution in [2.45, 2.75) is 0 Å². The molecule has 6 aromatic carbocycles. The van der Waals surface area contributed by atoms with Crippen LogP contribution in [0, 0.1) is 0 Å². The molecule has 0 unspecified atom stereocenters. The molecule has 0 fully saturated rings. The normalized spacial score (nSPS) is 12.6. The predicted octanol–water partition coefficient (Wildman–Crippen LogP) is 9.58. The fourth-order valence-electron chi connectivity index (χ4n) is 7.61. The smallest absolute Gasteiger partial charge is 0.0620 e. The topological polar surface area (TPSA) is 14.3 Å². The molecule has 0 N–H and O–H groups in total. The number of benzene rings is 6. The Balaban J connectivity index is 1.65. The van der Waals surface area contributed by atoms with Crippen molar-refractivity contribution in [3.63, 3.8) is 0 Å². The number of hydrogen-bond acceptors (Lipinski definition) is 0. The molecule has 0 atom stereocenters. The molecule has 186 valence electrons. The van der Waals surface area contributed by atoms with Crippen LogP contribution in [0.1, 0.15) is 0 Å². The van der Waals surface area contributed by atoms with E-state index in [1.54, 1.807) is 0 Å². The van der Waals surface area contributed by atoms with Crippen LogP contribution in [-0.2, 0) is 7.05 Å². The lowest BCUT2D eigenvalue weighted by atomic mass is 9.98. The van der Waals surface area contributed by atoms with E-state index in [2.05, 4.69) is 142 Å². The highest BCUT2D eigenvalue weighted by Crippen LogP contribution is 2.47. The molecule has 0 bridgehead atoms. The van der Waals surface area contributed by atoms with Crippen LogP contribution in [0.2, 0.25) is 0 Å². The Labute approximate surface area is 229 Å². The van der Waals surface area contributed by atoms with E-state index in [9.17, 15) is 0 Å². The van der Waals surface area contributed by atoms with Crippen molar-refractivity contribution in [1.29, 1.82) is 0 Å². The van der Waals surface area contributed by atoms with E-state index in [1.165, 1.54) is 87.4 Å². The lowest BCUT2D eigenvalue weighted by molar-refractivity contribution is 1.01. The summed E-state index contributed by atoms with van der Waals surface area (Å²) in [6, 6.07) is 44.6. The average Bonchev–Trinajstić information content (AvgIpc) is 3.59. The minimum atomic E-state index is 1.18. The third-order valence-electron chi connectivity index (χ3n) is 9.15.